The minimum absolute atomic E-state index is 0.197. The summed E-state index contributed by atoms with van der Waals surface area (Å²) >= 11 is 0. The van der Waals surface area contributed by atoms with E-state index in [-0.39, 0.29) is 17.2 Å². The van der Waals surface area contributed by atoms with Crippen molar-refractivity contribution in [3.8, 4) is 11.5 Å². The van der Waals surface area contributed by atoms with Gasteiger partial charge in [0.15, 0.2) is 0 Å². The summed E-state index contributed by atoms with van der Waals surface area (Å²) in [5, 5.41) is 7.30. The van der Waals surface area contributed by atoms with Gasteiger partial charge in [-0.1, -0.05) is 37.6 Å². The van der Waals surface area contributed by atoms with Crippen molar-refractivity contribution in [3.05, 3.63) is 87.8 Å². The summed E-state index contributed by atoms with van der Waals surface area (Å²) in [6, 6.07) is 17.4. The number of carbonyl (C=O) groups excluding carboxylic acids is 1. The predicted molar refractivity (Wildman–Crippen MR) is 119 cm³/mol. The van der Waals surface area contributed by atoms with E-state index >= 15 is 0 Å². The number of ether oxygens (including phenoxy) is 2. The number of nitrogens with one attached hydrogen (secondary N) is 1. The van der Waals surface area contributed by atoms with E-state index in [9.17, 15) is 9.59 Å². The van der Waals surface area contributed by atoms with E-state index in [2.05, 4.69) is 10.4 Å². The highest BCUT2D eigenvalue weighted by atomic mass is 16.5. The number of nitrogens with zero attached hydrogens (tertiary/aromatic N) is 2. The SMILES string of the molecule is CCCCn1nc(C(=O)NC(c2ccc(OC)cc2)c2ccc(OC)cc2)ccc1=O. The van der Waals surface area contributed by atoms with Crippen molar-refractivity contribution >= 4 is 5.91 Å². The van der Waals surface area contributed by atoms with Crippen LogP contribution in [-0.2, 0) is 6.54 Å². The molecule has 0 unspecified atom stereocenters. The van der Waals surface area contributed by atoms with Gasteiger partial charge >= 0.3 is 0 Å². The van der Waals surface area contributed by atoms with Crippen molar-refractivity contribution in [1.82, 2.24) is 15.1 Å². The molecule has 0 fully saturated rings. The van der Waals surface area contributed by atoms with E-state index in [1.54, 1.807) is 14.2 Å². The molecule has 0 bridgehead atoms. The molecule has 7 heteroatoms. The van der Waals surface area contributed by atoms with Gasteiger partial charge in [0.25, 0.3) is 11.5 Å². The molecule has 3 aromatic rings. The monoisotopic (exact) mass is 421 g/mol. The fraction of sp³-hybridized carbons (Fsp3) is 0.292. The predicted octanol–water partition coefficient (Wildman–Crippen LogP) is 3.58. The maximum Gasteiger partial charge on any atom is 0.272 e. The normalized spacial score (nSPS) is 10.7. The highest BCUT2D eigenvalue weighted by Crippen LogP contribution is 2.26. The fourth-order valence-corrected chi connectivity index (χ4v) is 3.19. The standard InChI is InChI=1S/C24H27N3O4/c1-4-5-16-27-22(28)15-14-21(26-27)24(29)25-23(17-6-10-19(30-2)11-7-17)18-8-12-20(31-3)13-9-18/h6-15,23H,4-5,16H2,1-3H3,(H,25,29). The molecule has 7 nitrogen and oxygen atoms in total. The van der Waals surface area contributed by atoms with Gasteiger partial charge in [-0.25, -0.2) is 4.68 Å². The van der Waals surface area contributed by atoms with Crippen LogP contribution in [0.2, 0.25) is 0 Å². The molecule has 162 valence electrons. The first-order chi connectivity index (χ1) is 15.0. The van der Waals surface area contributed by atoms with Gasteiger partial charge in [0.1, 0.15) is 17.2 Å². The summed E-state index contributed by atoms with van der Waals surface area (Å²) in [5.41, 5.74) is 1.76. The van der Waals surface area contributed by atoms with E-state index in [0.717, 1.165) is 35.5 Å². The molecule has 2 aromatic carbocycles. The molecule has 0 atom stereocenters. The van der Waals surface area contributed by atoms with Crippen LogP contribution in [0.15, 0.2) is 65.5 Å². The zero-order valence-corrected chi connectivity index (χ0v) is 18.0. The van der Waals surface area contributed by atoms with Crippen LogP contribution in [0.1, 0.15) is 47.4 Å². The fourth-order valence-electron chi connectivity index (χ4n) is 3.19. The van der Waals surface area contributed by atoms with Crippen molar-refractivity contribution in [3.63, 3.8) is 0 Å². The molecule has 1 heterocycles. The third kappa shape index (κ3) is 5.51. The molecule has 0 aliphatic rings. The van der Waals surface area contributed by atoms with Gasteiger partial charge in [-0.05, 0) is 47.9 Å². The van der Waals surface area contributed by atoms with Crippen LogP contribution in [0.4, 0.5) is 0 Å². The number of methoxy groups -OCH3 is 2. The number of carbonyl (C=O) groups is 1. The molecule has 0 saturated carbocycles. The lowest BCUT2D eigenvalue weighted by Crippen LogP contribution is -2.32. The van der Waals surface area contributed by atoms with Crippen LogP contribution in [0.25, 0.3) is 0 Å². The van der Waals surface area contributed by atoms with E-state index in [1.165, 1.54) is 16.8 Å². The van der Waals surface area contributed by atoms with E-state index in [0.29, 0.717) is 6.54 Å². The smallest absolute Gasteiger partial charge is 0.272 e. The molecule has 0 aliphatic heterocycles. The molecule has 0 radical (unpaired) electrons. The second-order valence-corrected chi connectivity index (χ2v) is 7.09. The summed E-state index contributed by atoms with van der Waals surface area (Å²) < 4.78 is 11.8. The summed E-state index contributed by atoms with van der Waals surface area (Å²) in [5.74, 6) is 1.10. The molecule has 1 amide bonds. The number of benzene rings is 2. The zero-order valence-electron chi connectivity index (χ0n) is 18.0. The minimum atomic E-state index is -0.415. The van der Waals surface area contributed by atoms with E-state index < -0.39 is 6.04 Å². The summed E-state index contributed by atoms with van der Waals surface area (Å²) in [7, 11) is 3.22. The Morgan fingerprint density at radius 3 is 1.97 bits per heavy atom. The van der Waals surface area contributed by atoms with Gasteiger partial charge in [-0.2, -0.15) is 5.10 Å². The quantitative estimate of drug-likeness (QED) is 0.571. The van der Waals surface area contributed by atoms with Gasteiger partial charge in [-0.3, -0.25) is 9.59 Å². The number of amides is 1. The Morgan fingerprint density at radius 2 is 1.48 bits per heavy atom. The molecule has 0 saturated heterocycles. The van der Waals surface area contributed by atoms with Crippen LogP contribution < -0.4 is 20.3 Å². The Labute approximate surface area is 181 Å². The Bertz CT molecular complexity index is 1010. The summed E-state index contributed by atoms with van der Waals surface area (Å²) in [6.45, 7) is 2.52. The van der Waals surface area contributed by atoms with E-state index in [1.807, 2.05) is 55.5 Å². The second-order valence-electron chi connectivity index (χ2n) is 7.09. The van der Waals surface area contributed by atoms with Crippen LogP contribution in [-0.4, -0.2) is 29.9 Å². The van der Waals surface area contributed by atoms with Crippen molar-refractivity contribution in [2.45, 2.75) is 32.4 Å². The molecule has 0 spiro atoms. The lowest BCUT2D eigenvalue weighted by Gasteiger charge is -2.20. The second kappa shape index (κ2) is 10.4. The van der Waals surface area contributed by atoms with Crippen molar-refractivity contribution in [2.75, 3.05) is 14.2 Å². The first-order valence-electron chi connectivity index (χ1n) is 10.2. The largest absolute Gasteiger partial charge is 0.497 e. The van der Waals surface area contributed by atoms with Crippen LogP contribution >= 0.6 is 0 Å². The molecular weight excluding hydrogens is 394 g/mol. The first kappa shape index (κ1) is 22.1. The zero-order chi connectivity index (χ0) is 22.2. The average Bonchev–Trinajstić information content (AvgIpc) is 2.82. The maximum absolute atomic E-state index is 13.0. The number of rotatable bonds is 9. The van der Waals surface area contributed by atoms with Crippen LogP contribution in [0, 0.1) is 0 Å². The lowest BCUT2D eigenvalue weighted by molar-refractivity contribution is 0.0935. The molecule has 0 aliphatic carbocycles. The number of hydrogen-bond acceptors (Lipinski definition) is 5. The number of unbranched alkanes of at least 4 members (excludes halogenated alkanes) is 1. The van der Waals surface area contributed by atoms with E-state index in [4.69, 9.17) is 9.47 Å². The van der Waals surface area contributed by atoms with Gasteiger partial charge in [0.05, 0.1) is 20.3 Å². The highest BCUT2D eigenvalue weighted by Gasteiger charge is 2.20. The van der Waals surface area contributed by atoms with Gasteiger partial charge in [0, 0.05) is 12.6 Å². The van der Waals surface area contributed by atoms with Crippen molar-refractivity contribution in [2.24, 2.45) is 0 Å². The Morgan fingerprint density at radius 1 is 0.935 bits per heavy atom. The third-order valence-electron chi connectivity index (χ3n) is 5.00. The van der Waals surface area contributed by atoms with Crippen molar-refractivity contribution < 1.29 is 14.3 Å². The highest BCUT2D eigenvalue weighted by molar-refractivity contribution is 5.92. The summed E-state index contributed by atoms with van der Waals surface area (Å²) in [6.07, 6.45) is 1.75. The first-order valence-corrected chi connectivity index (χ1v) is 10.2. The average molecular weight is 421 g/mol. The Hall–Kier alpha value is -3.61. The molecule has 31 heavy (non-hydrogen) atoms. The molecule has 3 rings (SSSR count). The lowest BCUT2D eigenvalue weighted by atomic mass is 9.98. The van der Waals surface area contributed by atoms with Gasteiger partial charge < -0.3 is 14.8 Å². The minimum Gasteiger partial charge on any atom is -0.497 e. The third-order valence-corrected chi connectivity index (χ3v) is 5.00. The summed E-state index contributed by atoms with van der Waals surface area (Å²) in [4.78, 5) is 25.1. The molecule has 1 aromatic heterocycles. The topological polar surface area (TPSA) is 82.5 Å². The molecular formula is C24H27N3O4. The van der Waals surface area contributed by atoms with Crippen LogP contribution in [0.5, 0.6) is 11.5 Å². The van der Waals surface area contributed by atoms with Crippen molar-refractivity contribution in [1.29, 1.82) is 0 Å². The van der Waals surface area contributed by atoms with Crippen LogP contribution in [0.3, 0.4) is 0 Å². The Kier molecular flexibility index (Phi) is 7.43. The molecule has 1 N–H and O–H groups in total. The van der Waals surface area contributed by atoms with Gasteiger partial charge in [0.2, 0.25) is 0 Å². The van der Waals surface area contributed by atoms with Gasteiger partial charge in [-0.15, -0.1) is 0 Å². The Balaban J connectivity index is 1.91. The number of aromatic nitrogens is 2. The maximum atomic E-state index is 13.0. The number of hydrogen-bond donors (Lipinski definition) is 1. The number of aryl methyl sites for hydroxylation is 1.